The monoisotopic (exact) mass is 289 g/mol. The molecule has 0 amide bonds. The average molecular weight is 289 g/mol. The molecule has 0 saturated heterocycles. The Hall–Kier alpha value is -1.39. The van der Waals surface area contributed by atoms with Gasteiger partial charge in [-0.1, -0.05) is 18.2 Å². The second-order valence-corrected chi connectivity index (χ2v) is 6.39. The third-order valence-corrected chi connectivity index (χ3v) is 4.57. The summed E-state index contributed by atoms with van der Waals surface area (Å²) in [5.74, 6) is 1.36. The van der Waals surface area contributed by atoms with E-state index in [9.17, 15) is 5.11 Å². The van der Waals surface area contributed by atoms with Crippen LogP contribution in [0.15, 0.2) is 29.6 Å². The van der Waals surface area contributed by atoms with Crippen molar-refractivity contribution in [3.05, 3.63) is 45.9 Å². The maximum atomic E-state index is 10.3. The van der Waals surface area contributed by atoms with E-state index in [4.69, 9.17) is 4.74 Å². The number of thiazole rings is 1. The highest BCUT2D eigenvalue weighted by Gasteiger charge is 2.23. The van der Waals surface area contributed by atoms with Gasteiger partial charge in [0.05, 0.1) is 23.4 Å². The van der Waals surface area contributed by atoms with Crippen molar-refractivity contribution in [2.45, 2.75) is 38.2 Å². The van der Waals surface area contributed by atoms with Crippen LogP contribution in [0, 0.1) is 6.92 Å². The number of benzene rings is 1. The molecule has 0 radical (unpaired) electrons. The number of ether oxygens (including phenoxy) is 1. The first-order chi connectivity index (χ1) is 9.72. The Balaban J connectivity index is 1.66. The van der Waals surface area contributed by atoms with Gasteiger partial charge in [0.1, 0.15) is 5.75 Å². The van der Waals surface area contributed by atoms with Crippen LogP contribution in [0.4, 0.5) is 0 Å². The molecular formula is C16H19NO2S. The second-order valence-electron chi connectivity index (χ2n) is 5.32. The first kappa shape index (κ1) is 13.6. The van der Waals surface area contributed by atoms with E-state index in [0.29, 0.717) is 12.3 Å². The Labute approximate surface area is 123 Å². The first-order valence-electron chi connectivity index (χ1n) is 7.03. The van der Waals surface area contributed by atoms with E-state index in [0.717, 1.165) is 35.9 Å². The maximum Gasteiger partial charge on any atom is 0.122 e. The number of aliphatic hydroxyl groups excluding tert-OH is 1. The molecule has 1 aliphatic rings. The summed E-state index contributed by atoms with van der Waals surface area (Å²) >= 11 is 1.64. The lowest BCUT2D eigenvalue weighted by Crippen LogP contribution is -2.20. The molecule has 4 heteroatoms. The summed E-state index contributed by atoms with van der Waals surface area (Å²) < 4.78 is 5.66. The van der Waals surface area contributed by atoms with Crippen LogP contribution in [0.3, 0.4) is 0 Å². The van der Waals surface area contributed by atoms with Gasteiger partial charge in [-0.3, -0.25) is 0 Å². The minimum atomic E-state index is -0.340. The normalized spacial score (nSPS) is 19.2. The van der Waals surface area contributed by atoms with Gasteiger partial charge < -0.3 is 9.84 Å². The van der Waals surface area contributed by atoms with Gasteiger partial charge in [0, 0.05) is 11.8 Å². The van der Waals surface area contributed by atoms with Crippen LogP contribution < -0.4 is 4.74 Å². The minimum Gasteiger partial charge on any atom is -0.493 e. The largest absolute Gasteiger partial charge is 0.493 e. The van der Waals surface area contributed by atoms with Crippen molar-refractivity contribution in [1.29, 1.82) is 0 Å². The topological polar surface area (TPSA) is 42.4 Å². The van der Waals surface area contributed by atoms with E-state index in [2.05, 4.69) is 11.1 Å². The molecule has 2 atom stereocenters. The number of hydrogen-bond acceptors (Lipinski definition) is 4. The fraction of sp³-hybridized carbons (Fsp3) is 0.438. The average Bonchev–Trinajstić information content (AvgIpc) is 2.84. The van der Waals surface area contributed by atoms with E-state index in [-0.39, 0.29) is 6.10 Å². The zero-order chi connectivity index (χ0) is 13.9. The summed E-state index contributed by atoms with van der Waals surface area (Å²) in [4.78, 5) is 4.42. The highest BCUT2D eigenvalue weighted by atomic mass is 32.1. The number of nitrogens with zero attached hydrogens (tertiary/aromatic N) is 1. The van der Waals surface area contributed by atoms with Crippen molar-refractivity contribution in [2.75, 3.05) is 6.61 Å². The molecular weight excluding hydrogens is 270 g/mol. The van der Waals surface area contributed by atoms with Gasteiger partial charge in [-0.15, -0.1) is 11.3 Å². The fourth-order valence-corrected chi connectivity index (χ4v) is 3.44. The van der Waals surface area contributed by atoms with Crippen LogP contribution in [0.5, 0.6) is 5.75 Å². The predicted molar refractivity (Wildman–Crippen MR) is 80.5 cm³/mol. The van der Waals surface area contributed by atoms with E-state index in [1.54, 1.807) is 11.3 Å². The number of aryl methyl sites for hydroxylation is 1. The predicted octanol–water partition coefficient (Wildman–Crippen LogP) is 3.31. The van der Waals surface area contributed by atoms with Crippen molar-refractivity contribution >= 4 is 11.3 Å². The van der Waals surface area contributed by atoms with Gasteiger partial charge in [-0.05, 0) is 37.3 Å². The zero-order valence-electron chi connectivity index (χ0n) is 11.6. The lowest BCUT2D eigenvalue weighted by atomic mass is 9.87. The van der Waals surface area contributed by atoms with E-state index >= 15 is 0 Å². The fourth-order valence-electron chi connectivity index (χ4n) is 2.82. The number of aromatic nitrogens is 1. The summed E-state index contributed by atoms with van der Waals surface area (Å²) in [6.07, 6.45) is 2.05. The molecule has 0 fully saturated rings. The van der Waals surface area contributed by atoms with Crippen LogP contribution in [0.25, 0.3) is 0 Å². The molecule has 2 heterocycles. The van der Waals surface area contributed by atoms with Crippen LogP contribution >= 0.6 is 11.3 Å². The number of fused-ring (bicyclic) bond motifs is 1. The van der Waals surface area contributed by atoms with Gasteiger partial charge in [0.15, 0.2) is 0 Å². The second kappa shape index (κ2) is 5.94. The molecule has 1 aromatic heterocycles. The molecule has 20 heavy (non-hydrogen) atoms. The van der Waals surface area contributed by atoms with Crippen LogP contribution in [0.2, 0.25) is 0 Å². The number of aliphatic hydroxyl groups is 1. The summed E-state index contributed by atoms with van der Waals surface area (Å²) in [7, 11) is 0. The Morgan fingerprint density at radius 3 is 3.10 bits per heavy atom. The summed E-state index contributed by atoms with van der Waals surface area (Å²) in [5.41, 5.74) is 2.23. The van der Waals surface area contributed by atoms with Crippen molar-refractivity contribution < 1.29 is 9.84 Å². The third kappa shape index (κ3) is 3.02. The molecule has 0 saturated carbocycles. The first-order valence-corrected chi connectivity index (χ1v) is 7.91. The van der Waals surface area contributed by atoms with Crippen molar-refractivity contribution in [3.8, 4) is 5.75 Å². The number of hydrogen-bond donors (Lipinski definition) is 1. The molecule has 0 bridgehead atoms. The zero-order valence-corrected chi connectivity index (χ0v) is 12.4. The molecule has 2 unspecified atom stereocenters. The van der Waals surface area contributed by atoms with Gasteiger partial charge in [-0.2, -0.15) is 0 Å². The molecule has 1 N–H and O–H groups in total. The highest BCUT2D eigenvalue weighted by Crippen LogP contribution is 2.36. The van der Waals surface area contributed by atoms with Crippen molar-refractivity contribution in [1.82, 2.24) is 4.98 Å². The Morgan fingerprint density at radius 2 is 2.30 bits per heavy atom. The van der Waals surface area contributed by atoms with E-state index < -0.39 is 0 Å². The van der Waals surface area contributed by atoms with Crippen molar-refractivity contribution in [2.24, 2.45) is 0 Å². The van der Waals surface area contributed by atoms with Gasteiger partial charge >= 0.3 is 0 Å². The maximum absolute atomic E-state index is 10.3. The van der Waals surface area contributed by atoms with Gasteiger partial charge in [-0.25, -0.2) is 4.98 Å². The lowest BCUT2D eigenvalue weighted by Gasteiger charge is -2.27. The molecule has 3 nitrogen and oxygen atoms in total. The smallest absolute Gasteiger partial charge is 0.122 e. The quantitative estimate of drug-likeness (QED) is 0.939. The highest BCUT2D eigenvalue weighted by molar-refractivity contribution is 7.09. The molecule has 2 aromatic rings. The van der Waals surface area contributed by atoms with E-state index in [1.165, 1.54) is 5.56 Å². The summed E-state index contributed by atoms with van der Waals surface area (Å²) in [5, 5.41) is 13.4. The van der Waals surface area contributed by atoms with Gasteiger partial charge in [0.25, 0.3) is 0 Å². The lowest BCUT2D eigenvalue weighted by molar-refractivity contribution is 0.142. The van der Waals surface area contributed by atoms with Gasteiger partial charge in [0.2, 0.25) is 0 Å². The standard InChI is InChI=1S/C16H19NO2S/c1-11-17-13(10-20-11)9-14(18)8-12-6-7-19-16-5-3-2-4-15(12)16/h2-5,10,12,14,18H,6-9H2,1H3. The molecule has 1 aromatic carbocycles. The Kier molecular flexibility index (Phi) is 4.03. The molecule has 3 rings (SSSR count). The van der Waals surface area contributed by atoms with Crippen LogP contribution in [0.1, 0.15) is 35.0 Å². The number of rotatable bonds is 4. The molecule has 0 aliphatic carbocycles. The third-order valence-electron chi connectivity index (χ3n) is 3.75. The van der Waals surface area contributed by atoms with Crippen LogP contribution in [-0.4, -0.2) is 22.8 Å². The van der Waals surface area contributed by atoms with Crippen LogP contribution in [-0.2, 0) is 6.42 Å². The SMILES string of the molecule is Cc1nc(CC(O)CC2CCOc3ccccc32)cs1. The summed E-state index contributed by atoms with van der Waals surface area (Å²) in [6.45, 7) is 2.74. The number of para-hydroxylation sites is 1. The Bertz CT molecular complexity index is 581. The van der Waals surface area contributed by atoms with E-state index in [1.807, 2.05) is 30.5 Å². The summed E-state index contributed by atoms with van der Waals surface area (Å²) in [6, 6.07) is 8.16. The molecule has 106 valence electrons. The molecule has 0 spiro atoms. The van der Waals surface area contributed by atoms with Crippen molar-refractivity contribution in [3.63, 3.8) is 0 Å². The minimum absolute atomic E-state index is 0.340. The molecule has 1 aliphatic heterocycles. The Morgan fingerprint density at radius 1 is 1.45 bits per heavy atom.